The van der Waals surface area contributed by atoms with Gasteiger partial charge in [-0.25, -0.2) is 15.0 Å². The van der Waals surface area contributed by atoms with E-state index in [4.69, 9.17) is 15.0 Å². The van der Waals surface area contributed by atoms with Crippen molar-refractivity contribution in [2.45, 2.75) is 0 Å². The summed E-state index contributed by atoms with van der Waals surface area (Å²) in [6, 6.07) is 72.2. The maximum atomic E-state index is 5.38. The normalized spacial score (nSPS) is 11.3. The van der Waals surface area contributed by atoms with Crippen LogP contribution in [0.2, 0.25) is 0 Å². The van der Waals surface area contributed by atoms with Gasteiger partial charge in [0.2, 0.25) is 0 Å². The molecule has 10 rings (SSSR count). The number of nitrogens with zero attached hydrogens (tertiary/aromatic N) is 4. The van der Waals surface area contributed by atoms with Crippen LogP contribution in [0.3, 0.4) is 0 Å². The molecule has 4 heteroatoms. The lowest BCUT2D eigenvalue weighted by molar-refractivity contribution is 1.07. The Morgan fingerprint density at radius 2 is 0.800 bits per heavy atom. The Morgan fingerprint density at radius 1 is 0.291 bits per heavy atom. The SMILES string of the molecule is c1ccc(-c2ccc(-c3nc(-c4cc5ccccc5cc4N(c4ccccc4)c4ccccc4)nc(-c4cccc5c4ccc4ccccc45)n3)cc2)cc1. The van der Waals surface area contributed by atoms with Crippen molar-refractivity contribution in [1.29, 1.82) is 0 Å². The van der Waals surface area contributed by atoms with Crippen LogP contribution >= 0.6 is 0 Å². The smallest absolute Gasteiger partial charge is 0.166 e. The number of anilines is 3. The molecule has 1 heterocycles. The average Bonchev–Trinajstić information content (AvgIpc) is 3.27. The molecule has 0 atom stereocenters. The number of aromatic nitrogens is 3. The molecule has 0 aliphatic heterocycles. The number of hydrogen-bond donors (Lipinski definition) is 0. The van der Waals surface area contributed by atoms with Crippen molar-refractivity contribution in [3.8, 4) is 45.3 Å². The Bertz CT molecular complexity index is 2920. The second kappa shape index (κ2) is 13.8. The monoisotopic (exact) mass is 702 g/mol. The molecule has 0 amide bonds. The van der Waals surface area contributed by atoms with Gasteiger partial charge in [-0.1, -0.05) is 170 Å². The van der Waals surface area contributed by atoms with Crippen molar-refractivity contribution in [2.75, 3.05) is 4.90 Å². The minimum Gasteiger partial charge on any atom is -0.310 e. The largest absolute Gasteiger partial charge is 0.310 e. The zero-order valence-corrected chi connectivity index (χ0v) is 29.9. The predicted octanol–water partition coefficient (Wildman–Crippen LogP) is 13.5. The standard InChI is InChI=1S/C51H34N4/c1-4-15-35(16-5-1)36-27-29-38(30-28-36)49-52-50(46-26-14-25-44-43-24-13-12-17-37(43)31-32-45(44)46)54-51(53-49)47-33-39-18-10-11-19-40(39)34-48(47)55(41-20-6-2-7-21-41)42-22-8-3-9-23-42/h1-34H. The summed E-state index contributed by atoms with van der Waals surface area (Å²) >= 11 is 0. The molecule has 0 bridgehead atoms. The minimum atomic E-state index is 0.600. The van der Waals surface area contributed by atoms with Crippen molar-refractivity contribution < 1.29 is 0 Å². The van der Waals surface area contributed by atoms with Crippen LogP contribution in [-0.2, 0) is 0 Å². The van der Waals surface area contributed by atoms with Crippen molar-refractivity contribution in [3.63, 3.8) is 0 Å². The third-order valence-electron chi connectivity index (χ3n) is 10.3. The highest BCUT2D eigenvalue weighted by Gasteiger charge is 2.22. The average molecular weight is 703 g/mol. The van der Waals surface area contributed by atoms with E-state index in [1.54, 1.807) is 0 Å². The summed E-state index contributed by atoms with van der Waals surface area (Å²) in [5.74, 6) is 1.84. The molecule has 0 aliphatic carbocycles. The number of rotatable bonds is 7. The molecule has 9 aromatic carbocycles. The number of para-hydroxylation sites is 2. The molecule has 0 saturated carbocycles. The second-order valence-corrected chi connectivity index (χ2v) is 13.7. The highest BCUT2D eigenvalue weighted by molar-refractivity contribution is 6.11. The Balaban J connectivity index is 1.24. The van der Waals surface area contributed by atoms with Gasteiger partial charge in [-0.05, 0) is 79.8 Å². The lowest BCUT2D eigenvalue weighted by Gasteiger charge is -2.28. The number of fused-ring (bicyclic) bond motifs is 4. The van der Waals surface area contributed by atoms with Crippen molar-refractivity contribution in [2.24, 2.45) is 0 Å². The fraction of sp³-hybridized carbons (Fsp3) is 0. The van der Waals surface area contributed by atoms with Crippen LogP contribution in [0.4, 0.5) is 17.1 Å². The summed E-state index contributed by atoms with van der Waals surface area (Å²) in [4.78, 5) is 18.2. The topological polar surface area (TPSA) is 41.9 Å². The fourth-order valence-electron chi connectivity index (χ4n) is 7.60. The van der Waals surface area contributed by atoms with E-state index in [0.29, 0.717) is 17.5 Å². The molecule has 0 saturated heterocycles. The number of benzene rings is 9. The first-order valence-corrected chi connectivity index (χ1v) is 18.5. The summed E-state index contributed by atoms with van der Waals surface area (Å²) in [7, 11) is 0. The number of hydrogen-bond acceptors (Lipinski definition) is 4. The first-order valence-electron chi connectivity index (χ1n) is 18.5. The fourth-order valence-corrected chi connectivity index (χ4v) is 7.60. The van der Waals surface area contributed by atoms with Crippen molar-refractivity contribution in [1.82, 2.24) is 15.0 Å². The lowest BCUT2D eigenvalue weighted by atomic mass is 9.98. The van der Waals surface area contributed by atoms with Gasteiger partial charge in [0.15, 0.2) is 17.5 Å². The van der Waals surface area contributed by atoms with E-state index in [1.165, 1.54) is 10.8 Å². The Kier molecular flexibility index (Phi) is 8.12. The summed E-state index contributed by atoms with van der Waals surface area (Å²) in [5.41, 5.74) is 8.13. The Labute approximate surface area is 319 Å². The maximum absolute atomic E-state index is 5.38. The van der Waals surface area contributed by atoms with Gasteiger partial charge in [-0.2, -0.15) is 0 Å². The highest BCUT2D eigenvalue weighted by Crippen LogP contribution is 2.43. The van der Waals surface area contributed by atoms with E-state index in [2.05, 4.69) is 205 Å². The van der Waals surface area contributed by atoms with E-state index < -0.39 is 0 Å². The molecule has 258 valence electrons. The molecular formula is C51H34N4. The first kappa shape index (κ1) is 32.2. The van der Waals surface area contributed by atoms with Crippen LogP contribution < -0.4 is 4.90 Å². The molecule has 4 nitrogen and oxygen atoms in total. The van der Waals surface area contributed by atoms with Gasteiger partial charge < -0.3 is 4.90 Å². The van der Waals surface area contributed by atoms with Crippen LogP contribution in [0.5, 0.6) is 0 Å². The molecule has 0 unspecified atom stereocenters. The molecule has 0 radical (unpaired) electrons. The molecular weight excluding hydrogens is 669 g/mol. The van der Waals surface area contributed by atoms with E-state index in [1.807, 2.05) is 6.07 Å². The third kappa shape index (κ3) is 6.06. The van der Waals surface area contributed by atoms with Crippen molar-refractivity contribution >= 4 is 49.4 Å². The molecule has 0 spiro atoms. The lowest BCUT2D eigenvalue weighted by Crippen LogP contribution is -2.12. The summed E-state index contributed by atoms with van der Waals surface area (Å²) in [6.45, 7) is 0. The van der Waals surface area contributed by atoms with Crippen LogP contribution in [0.1, 0.15) is 0 Å². The highest BCUT2D eigenvalue weighted by atomic mass is 15.2. The Hall–Kier alpha value is -7.43. The first-order chi connectivity index (χ1) is 27.3. The molecule has 0 fully saturated rings. The van der Waals surface area contributed by atoms with Gasteiger partial charge in [0.1, 0.15) is 0 Å². The van der Waals surface area contributed by atoms with Crippen molar-refractivity contribution in [3.05, 3.63) is 206 Å². The van der Waals surface area contributed by atoms with E-state index in [-0.39, 0.29) is 0 Å². The summed E-state index contributed by atoms with van der Waals surface area (Å²) in [5, 5.41) is 6.89. The summed E-state index contributed by atoms with van der Waals surface area (Å²) < 4.78 is 0. The van der Waals surface area contributed by atoms with Gasteiger partial charge in [0, 0.05) is 28.1 Å². The third-order valence-corrected chi connectivity index (χ3v) is 10.3. The van der Waals surface area contributed by atoms with E-state index in [0.717, 1.165) is 66.4 Å². The van der Waals surface area contributed by atoms with Gasteiger partial charge in [-0.15, -0.1) is 0 Å². The van der Waals surface area contributed by atoms with E-state index >= 15 is 0 Å². The van der Waals surface area contributed by atoms with Gasteiger partial charge >= 0.3 is 0 Å². The predicted molar refractivity (Wildman–Crippen MR) is 229 cm³/mol. The van der Waals surface area contributed by atoms with Gasteiger partial charge in [-0.3, -0.25) is 0 Å². The zero-order valence-electron chi connectivity index (χ0n) is 29.9. The van der Waals surface area contributed by atoms with Crippen LogP contribution in [0, 0.1) is 0 Å². The zero-order chi connectivity index (χ0) is 36.6. The van der Waals surface area contributed by atoms with Gasteiger partial charge in [0.05, 0.1) is 5.69 Å². The minimum absolute atomic E-state index is 0.600. The molecule has 55 heavy (non-hydrogen) atoms. The second-order valence-electron chi connectivity index (χ2n) is 13.7. The van der Waals surface area contributed by atoms with Crippen LogP contribution in [0.25, 0.3) is 77.6 Å². The van der Waals surface area contributed by atoms with E-state index in [9.17, 15) is 0 Å². The van der Waals surface area contributed by atoms with Crippen LogP contribution in [0.15, 0.2) is 206 Å². The molecule has 10 aromatic rings. The molecule has 0 aliphatic rings. The molecule has 0 N–H and O–H groups in total. The Morgan fingerprint density at radius 3 is 1.49 bits per heavy atom. The van der Waals surface area contributed by atoms with Gasteiger partial charge in [0.25, 0.3) is 0 Å². The maximum Gasteiger partial charge on any atom is 0.166 e. The summed E-state index contributed by atoms with van der Waals surface area (Å²) in [6.07, 6.45) is 0. The quantitative estimate of drug-likeness (QED) is 0.155. The molecule has 1 aromatic heterocycles. The van der Waals surface area contributed by atoms with Crippen LogP contribution in [-0.4, -0.2) is 15.0 Å².